The molecule has 0 unspecified atom stereocenters. The molecule has 0 aliphatic heterocycles. The monoisotopic (exact) mass is 417 g/mol. The Bertz CT molecular complexity index is 659. The van der Waals surface area contributed by atoms with Crippen molar-refractivity contribution < 1.29 is 14.3 Å². The molecular weight excluding hydrogens is 405 g/mol. The van der Waals surface area contributed by atoms with Crippen molar-refractivity contribution in [3.63, 3.8) is 0 Å². The van der Waals surface area contributed by atoms with Crippen LogP contribution in [0.1, 0.15) is 10.4 Å². The van der Waals surface area contributed by atoms with Crippen molar-refractivity contribution >= 4 is 45.8 Å². The second-order valence-electron chi connectivity index (χ2n) is 4.15. The molecule has 21 heavy (non-hydrogen) atoms. The van der Waals surface area contributed by atoms with E-state index >= 15 is 0 Å². The van der Waals surface area contributed by atoms with Crippen LogP contribution >= 0.6 is 34.2 Å². The zero-order chi connectivity index (χ0) is 15.4. The molecule has 0 spiro atoms. The van der Waals surface area contributed by atoms with E-state index in [4.69, 9.17) is 21.1 Å². The zero-order valence-corrected chi connectivity index (χ0v) is 14.4. The standard InChI is InChI=1S/C15H13ClINO3/c1-20-10-5-3-9(4-6-10)18-15(19)11-7-12(16)13(17)8-14(11)21-2/h3-8H,1-2H3,(H,18,19). The van der Waals surface area contributed by atoms with Crippen molar-refractivity contribution in [3.8, 4) is 11.5 Å². The van der Waals surface area contributed by atoms with Crippen LogP contribution in [0.4, 0.5) is 5.69 Å². The largest absolute Gasteiger partial charge is 0.497 e. The van der Waals surface area contributed by atoms with Crippen LogP contribution in [0, 0.1) is 3.57 Å². The number of nitrogens with one attached hydrogen (secondary N) is 1. The fourth-order valence-electron chi connectivity index (χ4n) is 1.75. The lowest BCUT2D eigenvalue weighted by Crippen LogP contribution is -2.13. The molecule has 0 aliphatic carbocycles. The number of methoxy groups -OCH3 is 2. The molecule has 2 aromatic carbocycles. The summed E-state index contributed by atoms with van der Waals surface area (Å²) >= 11 is 8.16. The molecule has 0 saturated carbocycles. The summed E-state index contributed by atoms with van der Waals surface area (Å²) in [5.41, 5.74) is 1.05. The van der Waals surface area contributed by atoms with Gasteiger partial charge in [-0.25, -0.2) is 0 Å². The number of amides is 1. The van der Waals surface area contributed by atoms with E-state index < -0.39 is 0 Å². The Morgan fingerprint density at radius 2 is 1.81 bits per heavy atom. The van der Waals surface area contributed by atoms with Gasteiger partial charge in [-0.3, -0.25) is 4.79 Å². The highest BCUT2D eigenvalue weighted by atomic mass is 127. The van der Waals surface area contributed by atoms with Crippen LogP contribution in [0.2, 0.25) is 5.02 Å². The zero-order valence-electron chi connectivity index (χ0n) is 11.4. The summed E-state index contributed by atoms with van der Waals surface area (Å²) in [6, 6.07) is 10.4. The predicted molar refractivity (Wildman–Crippen MR) is 91.7 cm³/mol. The molecule has 0 bridgehead atoms. The van der Waals surface area contributed by atoms with Crippen molar-refractivity contribution in [2.75, 3.05) is 19.5 Å². The van der Waals surface area contributed by atoms with Crippen LogP contribution in [-0.2, 0) is 0 Å². The fraction of sp³-hybridized carbons (Fsp3) is 0.133. The second kappa shape index (κ2) is 7.00. The molecule has 0 radical (unpaired) electrons. The summed E-state index contributed by atoms with van der Waals surface area (Å²) in [5.74, 6) is 0.924. The third kappa shape index (κ3) is 3.79. The van der Waals surface area contributed by atoms with Gasteiger partial charge in [0.25, 0.3) is 5.91 Å². The fourth-order valence-corrected chi connectivity index (χ4v) is 2.35. The summed E-state index contributed by atoms with van der Waals surface area (Å²) in [5, 5.41) is 3.31. The van der Waals surface area contributed by atoms with E-state index in [0.717, 1.165) is 9.32 Å². The van der Waals surface area contributed by atoms with Crippen molar-refractivity contribution in [1.82, 2.24) is 0 Å². The van der Waals surface area contributed by atoms with E-state index in [2.05, 4.69) is 27.9 Å². The topological polar surface area (TPSA) is 47.6 Å². The molecular formula is C15H13ClINO3. The number of anilines is 1. The van der Waals surface area contributed by atoms with Crippen LogP contribution in [-0.4, -0.2) is 20.1 Å². The van der Waals surface area contributed by atoms with Gasteiger partial charge in [-0.1, -0.05) is 11.6 Å². The number of carbonyl (C=O) groups is 1. The van der Waals surface area contributed by atoms with E-state index in [0.29, 0.717) is 22.0 Å². The number of rotatable bonds is 4. The van der Waals surface area contributed by atoms with Crippen molar-refractivity contribution in [3.05, 3.63) is 50.6 Å². The first-order valence-electron chi connectivity index (χ1n) is 6.03. The van der Waals surface area contributed by atoms with Gasteiger partial charge in [-0.2, -0.15) is 0 Å². The Morgan fingerprint density at radius 1 is 1.14 bits per heavy atom. The Balaban J connectivity index is 2.25. The lowest BCUT2D eigenvalue weighted by atomic mass is 10.2. The highest BCUT2D eigenvalue weighted by Crippen LogP contribution is 2.29. The Kier molecular flexibility index (Phi) is 5.30. The number of hydrogen-bond acceptors (Lipinski definition) is 3. The van der Waals surface area contributed by atoms with Crippen LogP contribution in [0.25, 0.3) is 0 Å². The molecule has 1 amide bonds. The highest BCUT2D eigenvalue weighted by molar-refractivity contribution is 14.1. The average molecular weight is 418 g/mol. The minimum absolute atomic E-state index is 0.282. The molecule has 2 aromatic rings. The molecule has 0 heterocycles. The summed E-state index contributed by atoms with van der Waals surface area (Å²) in [6.45, 7) is 0. The van der Waals surface area contributed by atoms with Crippen molar-refractivity contribution in [2.24, 2.45) is 0 Å². The van der Waals surface area contributed by atoms with Crippen LogP contribution in [0.5, 0.6) is 11.5 Å². The summed E-state index contributed by atoms with van der Waals surface area (Å²) in [6.07, 6.45) is 0. The minimum atomic E-state index is -0.282. The summed E-state index contributed by atoms with van der Waals surface area (Å²) in [4.78, 5) is 12.3. The molecule has 0 fully saturated rings. The van der Waals surface area contributed by atoms with E-state index in [1.807, 2.05) is 0 Å². The third-order valence-corrected chi connectivity index (χ3v) is 4.36. The van der Waals surface area contributed by atoms with Gasteiger partial charge in [0, 0.05) is 9.26 Å². The number of hydrogen-bond donors (Lipinski definition) is 1. The van der Waals surface area contributed by atoms with E-state index in [1.54, 1.807) is 43.5 Å². The quantitative estimate of drug-likeness (QED) is 0.758. The lowest BCUT2D eigenvalue weighted by Gasteiger charge is -2.11. The molecule has 1 N–H and O–H groups in total. The van der Waals surface area contributed by atoms with Gasteiger partial charge < -0.3 is 14.8 Å². The second-order valence-corrected chi connectivity index (χ2v) is 5.72. The highest BCUT2D eigenvalue weighted by Gasteiger charge is 2.15. The molecule has 4 nitrogen and oxygen atoms in total. The van der Waals surface area contributed by atoms with Crippen LogP contribution in [0.15, 0.2) is 36.4 Å². The first-order chi connectivity index (χ1) is 10.0. The summed E-state index contributed by atoms with van der Waals surface area (Å²) in [7, 11) is 3.11. The van der Waals surface area contributed by atoms with Gasteiger partial charge in [-0.15, -0.1) is 0 Å². The Hall–Kier alpha value is -1.47. The minimum Gasteiger partial charge on any atom is -0.497 e. The molecule has 0 aromatic heterocycles. The van der Waals surface area contributed by atoms with Gasteiger partial charge in [0.15, 0.2) is 0 Å². The molecule has 0 aliphatic rings. The SMILES string of the molecule is COc1ccc(NC(=O)c2cc(Cl)c(I)cc2OC)cc1. The first kappa shape index (κ1) is 15.9. The molecule has 0 atom stereocenters. The molecule has 2 rings (SSSR count). The maximum absolute atomic E-state index is 12.3. The van der Waals surface area contributed by atoms with E-state index in [1.165, 1.54) is 7.11 Å². The van der Waals surface area contributed by atoms with Crippen molar-refractivity contribution in [2.45, 2.75) is 0 Å². The Morgan fingerprint density at radius 3 is 2.38 bits per heavy atom. The molecule has 110 valence electrons. The number of ether oxygens (including phenoxy) is 2. The molecule has 0 saturated heterocycles. The normalized spacial score (nSPS) is 10.1. The number of carbonyl (C=O) groups excluding carboxylic acids is 1. The third-order valence-electron chi connectivity index (χ3n) is 2.83. The summed E-state index contributed by atoms with van der Waals surface area (Å²) < 4.78 is 11.1. The predicted octanol–water partition coefficient (Wildman–Crippen LogP) is 4.21. The smallest absolute Gasteiger partial charge is 0.259 e. The Labute approximate surface area is 141 Å². The first-order valence-corrected chi connectivity index (χ1v) is 7.49. The van der Waals surface area contributed by atoms with Crippen LogP contribution in [0.3, 0.4) is 0 Å². The number of benzene rings is 2. The van der Waals surface area contributed by atoms with Crippen LogP contribution < -0.4 is 14.8 Å². The van der Waals surface area contributed by atoms with Gasteiger partial charge >= 0.3 is 0 Å². The number of halogens is 2. The maximum Gasteiger partial charge on any atom is 0.259 e. The van der Waals surface area contributed by atoms with Gasteiger partial charge in [0.2, 0.25) is 0 Å². The average Bonchev–Trinajstić information content (AvgIpc) is 2.50. The lowest BCUT2D eigenvalue weighted by molar-refractivity contribution is 0.102. The van der Waals surface area contributed by atoms with E-state index in [9.17, 15) is 4.79 Å². The molecule has 6 heteroatoms. The van der Waals surface area contributed by atoms with Crippen molar-refractivity contribution in [1.29, 1.82) is 0 Å². The van der Waals surface area contributed by atoms with Gasteiger partial charge in [0.1, 0.15) is 11.5 Å². The van der Waals surface area contributed by atoms with E-state index in [-0.39, 0.29) is 5.91 Å². The van der Waals surface area contributed by atoms with Gasteiger partial charge in [0.05, 0.1) is 24.8 Å². The van der Waals surface area contributed by atoms with Gasteiger partial charge in [-0.05, 0) is 59.0 Å². The maximum atomic E-state index is 12.3.